The normalized spacial score (nSPS) is 13.3. The Morgan fingerprint density at radius 2 is 2.19 bits per heavy atom. The number of halogens is 1. The molecule has 0 amide bonds. The fourth-order valence-electron chi connectivity index (χ4n) is 2.60. The molecule has 4 rings (SSSR count). The van der Waals surface area contributed by atoms with E-state index in [-0.39, 0.29) is 25.1 Å². The minimum Gasteiger partial charge on any atom is -0.467 e. The van der Waals surface area contributed by atoms with E-state index in [2.05, 4.69) is 4.98 Å². The zero-order chi connectivity index (χ0) is 17.9. The van der Waals surface area contributed by atoms with Crippen LogP contribution >= 0.6 is 23.4 Å². The highest BCUT2D eigenvalue weighted by molar-refractivity contribution is 7.99. The Morgan fingerprint density at radius 1 is 1.31 bits per heavy atom. The number of nitrogens with zero attached hydrogens (tertiary/aromatic N) is 1. The molecule has 0 radical (unpaired) electrons. The van der Waals surface area contributed by atoms with Crippen molar-refractivity contribution in [2.45, 2.75) is 18.4 Å². The van der Waals surface area contributed by atoms with Crippen molar-refractivity contribution in [2.75, 3.05) is 12.5 Å². The predicted octanol–water partition coefficient (Wildman–Crippen LogP) is 4.18. The Hall–Kier alpha value is -2.22. The third-order valence-electron chi connectivity index (χ3n) is 3.73. The van der Waals surface area contributed by atoms with Gasteiger partial charge in [0.2, 0.25) is 0 Å². The van der Waals surface area contributed by atoms with Crippen molar-refractivity contribution in [3.8, 4) is 5.75 Å². The van der Waals surface area contributed by atoms with Gasteiger partial charge >= 0.3 is 5.97 Å². The lowest BCUT2D eigenvalue weighted by Crippen LogP contribution is -2.14. The molecule has 8 heteroatoms. The lowest BCUT2D eigenvalue weighted by Gasteiger charge is -2.21. The SMILES string of the molecule is O=C(CSc1nc2ccccc2o1)OCc1cc(Cl)cc2c1OCOC2. The highest BCUT2D eigenvalue weighted by Crippen LogP contribution is 2.32. The molecule has 0 bridgehead atoms. The van der Waals surface area contributed by atoms with Gasteiger partial charge in [-0.05, 0) is 24.3 Å². The zero-order valence-corrected chi connectivity index (χ0v) is 15.1. The van der Waals surface area contributed by atoms with Gasteiger partial charge in [0.15, 0.2) is 12.4 Å². The first-order valence-electron chi connectivity index (χ1n) is 7.85. The molecule has 1 aromatic heterocycles. The van der Waals surface area contributed by atoms with E-state index in [0.29, 0.717) is 28.2 Å². The Labute approximate surface area is 158 Å². The highest BCUT2D eigenvalue weighted by atomic mass is 35.5. The van der Waals surface area contributed by atoms with Crippen LogP contribution in [0.3, 0.4) is 0 Å². The molecule has 2 aromatic carbocycles. The van der Waals surface area contributed by atoms with Crippen molar-refractivity contribution in [2.24, 2.45) is 0 Å². The molecule has 0 spiro atoms. The molecule has 1 aliphatic heterocycles. The van der Waals surface area contributed by atoms with E-state index >= 15 is 0 Å². The van der Waals surface area contributed by atoms with E-state index < -0.39 is 0 Å². The maximum Gasteiger partial charge on any atom is 0.316 e. The lowest BCUT2D eigenvalue weighted by atomic mass is 10.1. The lowest BCUT2D eigenvalue weighted by molar-refractivity contribution is -0.141. The van der Waals surface area contributed by atoms with Crippen LogP contribution in [0.5, 0.6) is 5.75 Å². The van der Waals surface area contributed by atoms with Crippen LogP contribution < -0.4 is 4.74 Å². The van der Waals surface area contributed by atoms with E-state index in [9.17, 15) is 4.79 Å². The maximum absolute atomic E-state index is 12.0. The monoisotopic (exact) mass is 391 g/mol. The number of benzene rings is 2. The summed E-state index contributed by atoms with van der Waals surface area (Å²) in [6.07, 6.45) is 0. The minimum atomic E-state index is -0.377. The van der Waals surface area contributed by atoms with Gasteiger partial charge < -0.3 is 18.6 Å². The first-order valence-corrected chi connectivity index (χ1v) is 9.21. The number of esters is 1. The molecule has 0 saturated heterocycles. The minimum absolute atomic E-state index is 0.0792. The van der Waals surface area contributed by atoms with Crippen LogP contribution in [0, 0.1) is 0 Å². The van der Waals surface area contributed by atoms with Crippen LogP contribution in [0.2, 0.25) is 5.02 Å². The number of thioether (sulfide) groups is 1. The van der Waals surface area contributed by atoms with Gasteiger partial charge in [-0.3, -0.25) is 4.79 Å². The maximum atomic E-state index is 12.0. The van der Waals surface area contributed by atoms with E-state index in [1.54, 1.807) is 12.1 Å². The highest BCUT2D eigenvalue weighted by Gasteiger charge is 2.18. The summed E-state index contributed by atoms with van der Waals surface area (Å²) in [5.41, 5.74) is 3.01. The van der Waals surface area contributed by atoms with E-state index in [1.165, 1.54) is 11.8 Å². The summed E-state index contributed by atoms with van der Waals surface area (Å²) in [6.45, 7) is 0.670. The van der Waals surface area contributed by atoms with Crippen LogP contribution in [-0.4, -0.2) is 23.5 Å². The number of carbonyl (C=O) groups is 1. The Bertz CT molecular complexity index is 925. The van der Waals surface area contributed by atoms with Crippen molar-refractivity contribution in [3.63, 3.8) is 0 Å². The summed E-state index contributed by atoms with van der Waals surface area (Å²) < 4.78 is 21.6. The third kappa shape index (κ3) is 3.80. The smallest absolute Gasteiger partial charge is 0.316 e. The average Bonchev–Trinajstić information content (AvgIpc) is 3.07. The third-order valence-corrected chi connectivity index (χ3v) is 4.75. The number of fused-ring (bicyclic) bond motifs is 2. The number of hydrogen-bond donors (Lipinski definition) is 0. The second-order valence-electron chi connectivity index (χ2n) is 5.56. The summed E-state index contributed by atoms with van der Waals surface area (Å²) in [7, 11) is 0. The second-order valence-corrected chi connectivity index (χ2v) is 6.92. The van der Waals surface area contributed by atoms with Crippen molar-refractivity contribution >= 4 is 40.4 Å². The molecule has 0 atom stereocenters. The zero-order valence-electron chi connectivity index (χ0n) is 13.6. The van der Waals surface area contributed by atoms with Gasteiger partial charge in [-0.15, -0.1) is 0 Å². The molecule has 1 aliphatic rings. The van der Waals surface area contributed by atoms with Gasteiger partial charge in [-0.2, -0.15) is 0 Å². The van der Waals surface area contributed by atoms with Gasteiger partial charge in [0.25, 0.3) is 5.22 Å². The molecule has 3 aromatic rings. The summed E-state index contributed by atoms with van der Waals surface area (Å²) in [5, 5.41) is 0.980. The summed E-state index contributed by atoms with van der Waals surface area (Å²) >= 11 is 7.29. The largest absolute Gasteiger partial charge is 0.467 e. The van der Waals surface area contributed by atoms with E-state index in [4.69, 9.17) is 30.2 Å². The fraction of sp³-hybridized carbons (Fsp3) is 0.222. The van der Waals surface area contributed by atoms with Gasteiger partial charge in [0.05, 0.1) is 6.61 Å². The molecule has 0 saturated carbocycles. The topological polar surface area (TPSA) is 70.8 Å². The fourth-order valence-corrected chi connectivity index (χ4v) is 3.50. The molecule has 2 heterocycles. The molecule has 134 valence electrons. The molecule has 0 aliphatic carbocycles. The van der Waals surface area contributed by atoms with Crippen LogP contribution in [0.4, 0.5) is 0 Å². The Kier molecular flexibility index (Phi) is 5.01. The van der Waals surface area contributed by atoms with Crippen molar-refractivity contribution in [3.05, 3.63) is 52.5 Å². The van der Waals surface area contributed by atoms with Crippen molar-refractivity contribution in [1.29, 1.82) is 0 Å². The molecular weight excluding hydrogens is 378 g/mol. The predicted molar refractivity (Wildman–Crippen MR) is 96.3 cm³/mol. The van der Waals surface area contributed by atoms with Gasteiger partial charge in [-0.1, -0.05) is 35.5 Å². The van der Waals surface area contributed by atoms with E-state index in [1.807, 2.05) is 24.3 Å². The first-order chi connectivity index (χ1) is 12.7. The Balaban J connectivity index is 1.36. The summed E-state index contributed by atoms with van der Waals surface area (Å²) in [6, 6.07) is 10.9. The quantitative estimate of drug-likeness (QED) is 0.477. The average molecular weight is 392 g/mol. The molecule has 0 fully saturated rings. The molecule has 0 unspecified atom stereocenters. The van der Waals surface area contributed by atoms with Crippen molar-refractivity contribution in [1.82, 2.24) is 4.98 Å². The molecule has 6 nitrogen and oxygen atoms in total. The molecular formula is C18H14ClNO5S. The first kappa shape index (κ1) is 17.2. The number of rotatable bonds is 5. The van der Waals surface area contributed by atoms with Gasteiger partial charge in [0, 0.05) is 16.1 Å². The number of aromatic nitrogens is 1. The number of hydrogen-bond acceptors (Lipinski definition) is 7. The van der Waals surface area contributed by atoms with Crippen LogP contribution in [0.1, 0.15) is 11.1 Å². The number of ether oxygens (including phenoxy) is 3. The summed E-state index contributed by atoms with van der Waals surface area (Å²) in [4.78, 5) is 16.4. The van der Waals surface area contributed by atoms with E-state index in [0.717, 1.165) is 16.6 Å². The Morgan fingerprint density at radius 3 is 3.08 bits per heavy atom. The number of oxazole rings is 1. The molecule has 0 N–H and O–H groups in total. The van der Waals surface area contributed by atoms with Crippen LogP contribution in [0.25, 0.3) is 11.1 Å². The number of carbonyl (C=O) groups excluding carboxylic acids is 1. The van der Waals surface area contributed by atoms with Gasteiger partial charge in [0.1, 0.15) is 23.6 Å². The second kappa shape index (κ2) is 7.57. The van der Waals surface area contributed by atoms with Crippen LogP contribution in [-0.2, 0) is 27.5 Å². The molecule has 26 heavy (non-hydrogen) atoms. The standard InChI is InChI=1S/C18H14ClNO5S/c19-13-5-11-7-22-10-24-17(11)12(6-13)8-23-16(21)9-26-18-20-14-3-1-2-4-15(14)25-18/h1-6H,7-10H2. The summed E-state index contributed by atoms with van der Waals surface area (Å²) in [5.74, 6) is 0.387. The number of para-hydroxylation sites is 2. The van der Waals surface area contributed by atoms with Crippen molar-refractivity contribution < 1.29 is 23.4 Å². The van der Waals surface area contributed by atoms with Crippen LogP contribution in [0.15, 0.2) is 46.0 Å². The van der Waals surface area contributed by atoms with Gasteiger partial charge in [-0.25, -0.2) is 4.98 Å².